The van der Waals surface area contributed by atoms with Crippen molar-refractivity contribution < 1.29 is 4.74 Å². The first-order valence-corrected chi connectivity index (χ1v) is 4.95. The van der Waals surface area contributed by atoms with E-state index in [4.69, 9.17) is 4.74 Å². The highest BCUT2D eigenvalue weighted by Crippen LogP contribution is 2.17. The van der Waals surface area contributed by atoms with Gasteiger partial charge in [-0.3, -0.25) is 9.97 Å². The third-order valence-electron chi connectivity index (χ3n) is 2.16. The van der Waals surface area contributed by atoms with Gasteiger partial charge in [-0.05, 0) is 0 Å². The molecule has 0 aliphatic rings. The minimum atomic E-state index is 0.305. The van der Waals surface area contributed by atoms with Gasteiger partial charge in [-0.25, -0.2) is 9.97 Å². The van der Waals surface area contributed by atoms with Gasteiger partial charge in [0.1, 0.15) is 18.5 Å². The van der Waals surface area contributed by atoms with E-state index in [1.807, 2.05) is 0 Å². The number of aromatic nitrogens is 6. The molecule has 0 aliphatic carbocycles. The molecule has 0 unspecified atom stereocenters. The number of aromatic amines is 1. The lowest BCUT2D eigenvalue weighted by Gasteiger charge is -2.03. The second kappa shape index (κ2) is 4.12. The predicted molar refractivity (Wildman–Crippen MR) is 58.0 cm³/mol. The summed E-state index contributed by atoms with van der Waals surface area (Å²) in [6.45, 7) is 0.305. The Kier molecular flexibility index (Phi) is 2.34. The van der Waals surface area contributed by atoms with E-state index >= 15 is 0 Å². The second-order valence-corrected chi connectivity index (χ2v) is 3.27. The Balaban J connectivity index is 1.84. The molecule has 0 amide bonds. The van der Waals surface area contributed by atoms with Crippen LogP contribution in [0.1, 0.15) is 5.69 Å². The number of rotatable bonds is 3. The summed E-state index contributed by atoms with van der Waals surface area (Å²) >= 11 is 0. The van der Waals surface area contributed by atoms with Gasteiger partial charge in [0.25, 0.3) is 0 Å². The Bertz CT molecular complexity index is 623. The number of imidazole rings is 1. The first-order chi connectivity index (χ1) is 8.43. The zero-order chi connectivity index (χ0) is 11.5. The van der Waals surface area contributed by atoms with Crippen molar-refractivity contribution in [3.63, 3.8) is 0 Å². The van der Waals surface area contributed by atoms with Crippen LogP contribution in [0.25, 0.3) is 11.2 Å². The highest BCUT2D eigenvalue weighted by atomic mass is 16.5. The van der Waals surface area contributed by atoms with Gasteiger partial charge in [0, 0.05) is 12.4 Å². The molecule has 3 aromatic heterocycles. The van der Waals surface area contributed by atoms with Crippen LogP contribution in [0, 0.1) is 0 Å². The quantitative estimate of drug-likeness (QED) is 0.710. The molecule has 0 saturated heterocycles. The highest BCUT2D eigenvalue weighted by Gasteiger charge is 2.07. The summed E-state index contributed by atoms with van der Waals surface area (Å²) in [5, 5.41) is 0. The summed E-state index contributed by atoms with van der Waals surface area (Å²) in [7, 11) is 0. The third-order valence-corrected chi connectivity index (χ3v) is 2.16. The Labute approximate surface area is 96.0 Å². The molecule has 0 saturated carbocycles. The minimum Gasteiger partial charge on any atom is -0.469 e. The van der Waals surface area contributed by atoms with Crippen LogP contribution in [-0.2, 0) is 6.61 Å². The maximum Gasteiger partial charge on any atom is 0.243 e. The number of ether oxygens (including phenoxy) is 1. The van der Waals surface area contributed by atoms with E-state index in [9.17, 15) is 0 Å². The minimum absolute atomic E-state index is 0.305. The number of nitrogens with one attached hydrogen (secondary N) is 1. The summed E-state index contributed by atoms with van der Waals surface area (Å²) in [6.07, 6.45) is 7.83. The van der Waals surface area contributed by atoms with Crippen molar-refractivity contribution in [3.05, 3.63) is 36.9 Å². The molecule has 0 radical (unpaired) electrons. The maximum atomic E-state index is 5.54. The molecule has 3 heterocycles. The molecule has 3 rings (SSSR count). The van der Waals surface area contributed by atoms with E-state index in [0.717, 1.165) is 5.69 Å². The average molecular weight is 228 g/mol. The highest BCUT2D eigenvalue weighted by molar-refractivity contribution is 5.74. The zero-order valence-corrected chi connectivity index (χ0v) is 8.74. The fraction of sp³-hybridized carbons (Fsp3) is 0.100. The number of hydrogen-bond donors (Lipinski definition) is 1. The fourth-order valence-electron chi connectivity index (χ4n) is 1.40. The second-order valence-electron chi connectivity index (χ2n) is 3.27. The SMILES string of the molecule is c1cnc(COc2ncnc3nc[nH]c23)cn1. The summed E-state index contributed by atoms with van der Waals surface area (Å²) in [4.78, 5) is 23.0. The molecule has 0 atom stereocenters. The van der Waals surface area contributed by atoms with E-state index in [1.165, 1.54) is 6.33 Å². The van der Waals surface area contributed by atoms with E-state index in [0.29, 0.717) is 23.7 Å². The predicted octanol–water partition coefficient (Wildman–Crippen LogP) is 0.722. The molecule has 7 heteroatoms. The standard InChI is InChI=1S/C10H8N6O/c1-2-12-7(3-11-1)4-17-10-8-9(14-5-13-8)15-6-16-10/h1-3,5-6H,4H2,(H,13,14,15,16). The molecule has 7 nitrogen and oxygen atoms in total. The van der Waals surface area contributed by atoms with E-state index in [-0.39, 0.29) is 0 Å². The Hall–Kier alpha value is -2.57. The average Bonchev–Trinajstić information content (AvgIpc) is 2.86. The molecule has 0 spiro atoms. The molecule has 0 fully saturated rings. The van der Waals surface area contributed by atoms with Gasteiger partial charge in [0.2, 0.25) is 5.88 Å². The molecular weight excluding hydrogens is 220 g/mol. The lowest BCUT2D eigenvalue weighted by Crippen LogP contribution is -2.00. The molecule has 17 heavy (non-hydrogen) atoms. The Morgan fingerprint density at radius 3 is 3.00 bits per heavy atom. The van der Waals surface area contributed by atoms with Crippen LogP contribution < -0.4 is 4.74 Å². The van der Waals surface area contributed by atoms with Crippen molar-refractivity contribution in [1.82, 2.24) is 29.9 Å². The third kappa shape index (κ3) is 1.89. The number of hydrogen-bond acceptors (Lipinski definition) is 6. The van der Waals surface area contributed by atoms with Crippen molar-refractivity contribution in [2.24, 2.45) is 0 Å². The van der Waals surface area contributed by atoms with Crippen LogP contribution >= 0.6 is 0 Å². The van der Waals surface area contributed by atoms with Gasteiger partial charge in [0.15, 0.2) is 5.65 Å². The number of fused-ring (bicyclic) bond motifs is 1. The van der Waals surface area contributed by atoms with Crippen LogP contribution in [-0.4, -0.2) is 29.9 Å². The monoisotopic (exact) mass is 228 g/mol. The molecular formula is C10H8N6O. The topological polar surface area (TPSA) is 89.5 Å². The summed E-state index contributed by atoms with van der Waals surface area (Å²) in [5.74, 6) is 0.457. The van der Waals surface area contributed by atoms with Gasteiger partial charge in [-0.15, -0.1) is 0 Å². The van der Waals surface area contributed by atoms with Crippen LogP contribution in [0.4, 0.5) is 0 Å². The lowest BCUT2D eigenvalue weighted by molar-refractivity contribution is 0.292. The molecule has 0 aromatic carbocycles. The van der Waals surface area contributed by atoms with Crippen molar-refractivity contribution in [2.45, 2.75) is 6.61 Å². The molecule has 1 N–H and O–H groups in total. The molecule has 0 aliphatic heterocycles. The van der Waals surface area contributed by atoms with E-state index < -0.39 is 0 Å². The van der Waals surface area contributed by atoms with E-state index in [2.05, 4.69) is 29.9 Å². The largest absolute Gasteiger partial charge is 0.469 e. The van der Waals surface area contributed by atoms with Crippen molar-refractivity contribution >= 4 is 11.2 Å². The Morgan fingerprint density at radius 2 is 2.12 bits per heavy atom. The first-order valence-electron chi connectivity index (χ1n) is 4.95. The maximum absolute atomic E-state index is 5.54. The van der Waals surface area contributed by atoms with Gasteiger partial charge in [-0.1, -0.05) is 0 Å². The first kappa shape index (κ1) is 9.64. The van der Waals surface area contributed by atoms with Crippen LogP contribution in [0.2, 0.25) is 0 Å². The van der Waals surface area contributed by atoms with Crippen LogP contribution in [0.3, 0.4) is 0 Å². The van der Waals surface area contributed by atoms with Crippen molar-refractivity contribution in [2.75, 3.05) is 0 Å². The summed E-state index contributed by atoms with van der Waals surface area (Å²) < 4.78 is 5.54. The van der Waals surface area contributed by atoms with Crippen LogP contribution in [0.15, 0.2) is 31.2 Å². The van der Waals surface area contributed by atoms with Gasteiger partial charge >= 0.3 is 0 Å². The van der Waals surface area contributed by atoms with E-state index in [1.54, 1.807) is 24.9 Å². The molecule has 3 aromatic rings. The van der Waals surface area contributed by atoms with Gasteiger partial charge in [-0.2, -0.15) is 4.98 Å². The summed E-state index contributed by atoms with van der Waals surface area (Å²) in [5.41, 5.74) is 1.99. The summed E-state index contributed by atoms with van der Waals surface area (Å²) in [6, 6.07) is 0. The van der Waals surface area contributed by atoms with Crippen molar-refractivity contribution in [1.29, 1.82) is 0 Å². The Morgan fingerprint density at radius 1 is 1.12 bits per heavy atom. The van der Waals surface area contributed by atoms with Crippen LogP contribution in [0.5, 0.6) is 5.88 Å². The smallest absolute Gasteiger partial charge is 0.243 e. The lowest BCUT2D eigenvalue weighted by atomic mass is 10.5. The number of H-pyrrole nitrogens is 1. The molecule has 84 valence electrons. The fourth-order valence-corrected chi connectivity index (χ4v) is 1.40. The normalized spacial score (nSPS) is 10.6. The number of nitrogens with zero attached hydrogens (tertiary/aromatic N) is 5. The zero-order valence-electron chi connectivity index (χ0n) is 8.74. The van der Waals surface area contributed by atoms with Gasteiger partial charge < -0.3 is 9.72 Å². The van der Waals surface area contributed by atoms with Crippen molar-refractivity contribution in [3.8, 4) is 5.88 Å². The molecule has 0 bridgehead atoms. The van der Waals surface area contributed by atoms with Gasteiger partial charge in [0.05, 0.1) is 18.2 Å².